The summed E-state index contributed by atoms with van der Waals surface area (Å²) in [5.74, 6) is -0.836. The molecule has 0 aliphatic rings. The molecule has 2 aromatic carbocycles. The van der Waals surface area contributed by atoms with E-state index in [1.165, 1.54) is 29.2 Å². The van der Waals surface area contributed by atoms with Crippen LogP contribution in [-0.2, 0) is 11.3 Å². The fourth-order valence-electron chi connectivity index (χ4n) is 3.34. The normalized spacial score (nSPS) is 10.9. The third kappa shape index (κ3) is 5.03. The van der Waals surface area contributed by atoms with E-state index in [4.69, 9.17) is 23.2 Å². The monoisotopic (exact) mass is 476 g/mol. The number of halogens is 2. The van der Waals surface area contributed by atoms with E-state index in [0.29, 0.717) is 34.1 Å². The summed E-state index contributed by atoms with van der Waals surface area (Å²) in [6.07, 6.45) is 0.628. The Morgan fingerprint density at radius 2 is 1.84 bits per heavy atom. The fraction of sp³-hybridized carbons (Fsp3) is 0.273. The van der Waals surface area contributed by atoms with Gasteiger partial charge in [0.05, 0.1) is 21.6 Å². The second kappa shape index (κ2) is 10.0. The van der Waals surface area contributed by atoms with Crippen LogP contribution >= 0.6 is 23.2 Å². The molecule has 0 fully saturated rings. The van der Waals surface area contributed by atoms with Crippen molar-refractivity contribution in [2.24, 2.45) is 0 Å². The summed E-state index contributed by atoms with van der Waals surface area (Å²) in [5, 5.41) is 3.71. The van der Waals surface area contributed by atoms with Crippen LogP contribution in [0.15, 0.2) is 46.0 Å². The van der Waals surface area contributed by atoms with Crippen LogP contribution in [0.2, 0.25) is 10.0 Å². The Morgan fingerprint density at radius 1 is 1.09 bits per heavy atom. The van der Waals surface area contributed by atoms with Crippen molar-refractivity contribution in [1.29, 1.82) is 0 Å². The lowest BCUT2D eigenvalue weighted by atomic mass is 10.1. The van der Waals surface area contributed by atoms with Crippen LogP contribution in [-0.4, -0.2) is 39.4 Å². The maximum Gasteiger partial charge on any atom is 0.328 e. The van der Waals surface area contributed by atoms with Crippen molar-refractivity contribution in [3.05, 3.63) is 72.8 Å². The number of nitrogens with one attached hydrogen (secondary N) is 2. The van der Waals surface area contributed by atoms with Crippen molar-refractivity contribution in [2.45, 2.75) is 26.8 Å². The van der Waals surface area contributed by atoms with Gasteiger partial charge in [0.2, 0.25) is 5.91 Å². The number of amides is 2. The van der Waals surface area contributed by atoms with Gasteiger partial charge in [-0.05, 0) is 49.7 Å². The number of aromatic nitrogens is 2. The summed E-state index contributed by atoms with van der Waals surface area (Å²) < 4.78 is 1.08. The average molecular weight is 477 g/mol. The third-order valence-corrected chi connectivity index (χ3v) is 5.43. The first-order valence-corrected chi connectivity index (χ1v) is 10.8. The van der Waals surface area contributed by atoms with Gasteiger partial charge < -0.3 is 15.2 Å². The molecule has 3 aromatic rings. The first-order chi connectivity index (χ1) is 15.2. The summed E-state index contributed by atoms with van der Waals surface area (Å²) in [4.78, 5) is 54.3. The molecule has 8 nitrogen and oxygen atoms in total. The van der Waals surface area contributed by atoms with Crippen LogP contribution < -0.4 is 16.6 Å². The first kappa shape index (κ1) is 23.6. The minimum atomic E-state index is -0.544. The van der Waals surface area contributed by atoms with E-state index < -0.39 is 23.1 Å². The molecule has 0 bridgehead atoms. The maximum absolute atomic E-state index is 13.1. The molecule has 2 N–H and O–H groups in total. The van der Waals surface area contributed by atoms with Crippen LogP contribution in [0, 0.1) is 0 Å². The number of H-pyrrole nitrogens is 1. The number of fused-ring (bicyclic) bond motifs is 1. The number of rotatable bonds is 7. The highest BCUT2D eigenvalue weighted by atomic mass is 35.5. The molecule has 32 heavy (non-hydrogen) atoms. The SMILES string of the molecule is CCCN(CC(=O)Nc1cc(Cl)ccc1Cl)C(=O)c1ccc2c(=O)n(CC)c(=O)[nH]c2c1. The quantitative estimate of drug-likeness (QED) is 0.544. The number of carbonyl (C=O) groups is 2. The van der Waals surface area contributed by atoms with Crippen LogP contribution in [0.25, 0.3) is 10.9 Å². The highest BCUT2D eigenvalue weighted by Crippen LogP contribution is 2.25. The molecule has 0 unspecified atom stereocenters. The molecule has 0 radical (unpaired) electrons. The number of anilines is 1. The number of hydrogen-bond acceptors (Lipinski definition) is 4. The molecule has 3 rings (SSSR count). The minimum Gasteiger partial charge on any atom is -0.329 e. The van der Waals surface area contributed by atoms with E-state index in [1.54, 1.807) is 19.1 Å². The molecule has 0 saturated carbocycles. The summed E-state index contributed by atoms with van der Waals surface area (Å²) >= 11 is 12.0. The van der Waals surface area contributed by atoms with Gasteiger partial charge in [-0.1, -0.05) is 30.1 Å². The van der Waals surface area contributed by atoms with Gasteiger partial charge in [-0.15, -0.1) is 0 Å². The molecule has 0 aliphatic carbocycles. The van der Waals surface area contributed by atoms with E-state index in [9.17, 15) is 19.2 Å². The van der Waals surface area contributed by atoms with Gasteiger partial charge in [0.15, 0.2) is 0 Å². The lowest BCUT2D eigenvalue weighted by molar-refractivity contribution is -0.116. The molecule has 1 aromatic heterocycles. The van der Waals surface area contributed by atoms with Gasteiger partial charge in [-0.2, -0.15) is 0 Å². The van der Waals surface area contributed by atoms with Crippen molar-refractivity contribution in [2.75, 3.05) is 18.4 Å². The number of hydrogen-bond donors (Lipinski definition) is 2. The standard InChI is InChI=1S/C22H22Cl2N4O4/c1-3-9-27(12-19(29)25-18-11-14(23)6-8-16(18)24)20(30)13-5-7-15-17(10-13)26-22(32)28(4-2)21(15)31/h5-8,10-11H,3-4,9,12H2,1-2H3,(H,25,29)(H,26,32). The summed E-state index contributed by atoms with van der Waals surface area (Å²) in [5.41, 5.74) is -0.0965. The summed E-state index contributed by atoms with van der Waals surface area (Å²) in [6, 6.07) is 9.16. The van der Waals surface area contributed by atoms with E-state index in [1.807, 2.05) is 6.92 Å². The number of aromatic amines is 1. The van der Waals surface area contributed by atoms with Gasteiger partial charge in [-0.25, -0.2) is 4.79 Å². The Labute approximate surface area is 193 Å². The maximum atomic E-state index is 13.1. The number of benzene rings is 2. The Hall–Kier alpha value is -3.10. The van der Waals surface area contributed by atoms with Crippen molar-refractivity contribution >= 4 is 51.6 Å². The largest absolute Gasteiger partial charge is 0.329 e. The van der Waals surface area contributed by atoms with Crippen LogP contribution in [0.4, 0.5) is 5.69 Å². The van der Waals surface area contributed by atoms with Crippen molar-refractivity contribution in [1.82, 2.24) is 14.5 Å². The second-order valence-corrected chi connectivity index (χ2v) is 7.98. The predicted molar refractivity (Wildman–Crippen MR) is 126 cm³/mol. The van der Waals surface area contributed by atoms with E-state index in [-0.39, 0.29) is 24.2 Å². The second-order valence-electron chi connectivity index (χ2n) is 7.14. The molecule has 0 atom stereocenters. The molecule has 2 amide bonds. The van der Waals surface area contributed by atoms with Crippen LogP contribution in [0.1, 0.15) is 30.6 Å². The first-order valence-electron chi connectivity index (χ1n) is 10.1. The molecule has 1 heterocycles. The van der Waals surface area contributed by atoms with Crippen molar-refractivity contribution in [3.8, 4) is 0 Å². The summed E-state index contributed by atoms with van der Waals surface area (Å²) in [6.45, 7) is 3.95. The lowest BCUT2D eigenvalue weighted by Crippen LogP contribution is -2.38. The fourth-order valence-corrected chi connectivity index (χ4v) is 3.67. The zero-order chi connectivity index (χ0) is 23.4. The Balaban J connectivity index is 1.86. The molecule has 168 valence electrons. The summed E-state index contributed by atoms with van der Waals surface area (Å²) in [7, 11) is 0. The number of carbonyl (C=O) groups excluding carboxylic acids is 2. The predicted octanol–water partition coefficient (Wildman–Crippen LogP) is 3.51. The molecular weight excluding hydrogens is 455 g/mol. The highest BCUT2D eigenvalue weighted by Gasteiger charge is 2.20. The lowest BCUT2D eigenvalue weighted by Gasteiger charge is -2.22. The smallest absolute Gasteiger partial charge is 0.328 e. The molecule has 10 heteroatoms. The van der Waals surface area contributed by atoms with Gasteiger partial charge in [0, 0.05) is 23.7 Å². The van der Waals surface area contributed by atoms with Crippen molar-refractivity contribution in [3.63, 3.8) is 0 Å². The number of nitrogens with zero attached hydrogens (tertiary/aromatic N) is 2. The van der Waals surface area contributed by atoms with Crippen LogP contribution in [0.3, 0.4) is 0 Å². The third-order valence-electron chi connectivity index (χ3n) is 4.86. The zero-order valence-electron chi connectivity index (χ0n) is 17.6. The zero-order valence-corrected chi connectivity index (χ0v) is 19.1. The van der Waals surface area contributed by atoms with Gasteiger partial charge in [-0.3, -0.25) is 19.0 Å². The minimum absolute atomic E-state index is 0.207. The molecule has 0 saturated heterocycles. The van der Waals surface area contributed by atoms with Gasteiger partial charge in [0.25, 0.3) is 11.5 Å². The van der Waals surface area contributed by atoms with E-state index in [2.05, 4.69) is 10.3 Å². The molecule has 0 spiro atoms. The Bertz CT molecular complexity index is 1300. The van der Waals surface area contributed by atoms with Crippen molar-refractivity contribution < 1.29 is 9.59 Å². The van der Waals surface area contributed by atoms with E-state index in [0.717, 1.165) is 4.57 Å². The topological polar surface area (TPSA) is 104 Å². The molecule has 0 aliphatic heterocycles. The molecular formula is C22H22Cl2N4O4. The van der Waals surface area contributed by atoms with E-state index >= 15 is 0 Å². The average Bonchev–Trinajstić information content (AvgIpc) is 2.75. The van der Waals surface area contributed by atoms with Crippen LogP contribution in [0.5, 0.6) is 0 Å². The Morgan fingerprint density at radius 3 is 2.53 bits per heavy atom. The van der Waals surface area contributed by atoms with Gasteiger partial charge in [0.1, 0.15) is 6.54 Å². The Kier molecular flexibility index (Phi) is 7.37. The van der Waals surface area contributed by atoms with Gasteiger partial charge >= 0.3 is 5.69 Å². The highest BCUT2D eigenvalue weighted by molar-refractivity contribution is 6.35.